The second kappa shape index (κ2) is 25.1. The predicted molar refractivity (Wildman–Crippen MR) is 272 cm³/mol. The molecule has 0 aromatic heterocycles. The van der Waals surface area contributed by atoms with Crippen LogP contribution < -0.4 is 39.1 Å². The Bertz CT molecular complexity index is 2500. The van der Waals surface area contributed by atoms with Crippen LogP contribution in [0, 0.1) is 0 Å². The number of carbonyl (C=O) groups excluding carboxylic acids is 4. The molecule has 0 radical (unpaired) electrons. The maximum absolute atomic E-state index is 13.7. The van der Waals surface area contributed by atoms with Crippen molar-refractivity contribution in [2.75, 3.05) is 50.3 Å². The molecule has 0 aliphatic heterocycles. The Morgan fingerprint density at radius 2 is 0.714 bits per heavy atom. The van der Waals surface area contributed by atoms with Crippen molar-refractivity contribution >= 4 is 35.8 Å². The lowest BCUT2D eigenvalue weighted by Crippen LogP contribution is -2.21. The van der Waals surface area contributed by atoms with Gasteiger partial charge in [-0.3, -0.25) is 19.2 Å². The molecule has 1 aliphatic carbocycles. The summed E-state index contributed by atoms with van der Waals surface area (Å²) < 4.78 is 38.4. The lowest BCUT2D eigenvalue weighted by Gasteiger charge is -2.24. The molecule has 8 bridgehead atoms. The van der Waals surface area contributed by atoms with Gasteiger partial charge in [0.25, 0.3) is 11.8 Å². The van der Waals surface area contributed by atoms with Gasteiger partial charge in [0.15, 0.2) is 25.8 Å². The fraction of sp³-hybridized carbons (Fsp3) is 0.310. The quantitative estimate of drug-likeness (QED) is 0.0629. The molecule has 12 nitrogen and oxygen atoms in total. The number of hydrogen-bond acceptors (Lipinski definition) is 10. The third kappa shape index (κ3) is 12.9. The van der Waals surface area contributed by atoms with Crippen molar-refractivity contribution in [2.24, 2.45) is 0 Å². The van der Waals surface area contributed by atoms with Crippen LogP contribution in [0.3, 0.4) is 0 Å². The molecule has 0 saturated carbocycles. The van der Waals surface area contributed by atoms with Gasteiger partial charge in [0.1, 0.15) is 34.5 Å². The molecule has 0 heterocycles. The molecule has 0 spiro atoms. The van der Waals surface area contributed by atoms with Gasteiger partial charge >= 0.3 is 0 Å². The van der Waals surface area contributed by atoms with Gasteiger partial charge in [0, 0.05) is 59.3 Å². The van der Waals surface area contributed by atoms with E-state index in [4.69, 9.17) is 28.4 Å². The van der Waals surface area contributed by atoms with E-state index in [2.05, 4.69) is 62.6 Å². The Labute approximate surface area is 410 Å². The smallest absolute Gasteiger partial charge is 0.262 e. The topological polar surface area (TPSA) is 148 Å². The summed E-state index contributed by atoms with van der Waals surface area (Å²) >= 11 is 0. The zero-order chi connectivity index (χ0) is 49.2. The number of para-hydroxylation sites is 4. The van der Waals surface area contributed by atoms with Crippen LogP contribution in [0.2, 0.25) is 0 Å². The Hall–Kier alpha value is -7.60. The van der Waals surface area contributed by atoms with E-state index in [1.807, 2.05) is 36.4 Å². The van der Waals surface area contributed by atoms with E-state index in [1.165, 1.54) is 0 Å². The van der Waals surface area contributed by atoms with Crippen molar-refractivity contribution in [1.29, 1.82) is 0 Å². The van der Waals surface area contributed by atoms with E-state index < -0.39 is 11.8 Å². The van der Waals surface area contributed by atoms with Crippen molar-refractivity contribution in [3.63, 3.8) is 0 Å². The molecule has 70 heavy (non-hydrogen) atoms. The van der Waals surface area contributed by atoms with E-state index >= 15 is 0 Å². The van der Waals surface area contributed by atoms with Gasteiger partial charge in [0.05, 0.1) is 37.6 Å². The number of anilines is 2. The van der Waals surface area contributed by atoms with Crippen LogP contribution in [0.5, 0.6) is 34.5 Å². The molecule has 1 aliphatic rings. The van der Waals surface area contributed by atoms with E-state index in [1.54, 1.807) is 48.5 Å². The molecular weight excluding hydrogens is 885 g/mol. The molecule has 0 fully saturated rings. The average Bonchev–Trinajstić information content (AvgIpc) is 3.36. The fourth-order valence-electron chi connectivity index (χ4n) is 8.49. The summed E-state index contributed by atoms with van der Waals surface area (Å²) in [6, 6.07) is 33.7. The summed E-state index contributed by atoms with van der Waals surface area (Å²) in [4.78, 5) is 50.7. The summed E-state index contributed by atoms with van der Waals surface area (Å²) in [5.74, 6) is 2.78. The van der Waals surface area contributed by atoms with Crippen LogP contribution in [-0.2, 0) is 35.3 Å². The maximum Gasteiger partial charge on any atom is 0.262 e. The molecule has 7 rings (SSSR count). The van der Waals surface area contributed by atoms with Crippen LogP contribution in [0.1, 0.15) is 119 Å². The number of aldehydes is 2. The zero-order valence-corrected chi connectivity index (χ0v) is 40.5. The molecule has 2 amide bonds. The van der Waals surface area contributed by atoms with Crippen molar-refractivity contribution in [3.05, 3.63) is 165 Å². The van der Waals surface area contributed by atoms with Gasteiger partial charge in [-0.05, 0) is 96.5 Å². The predicted octanol–water partition coefficient (Wildman–Crippen LogP) is 11.2. The van der Waals surface area contributed by atoms with Crippen molar-refractivity contribution < 1.29 is 47.6 Å². The molecule has 0 unspecified atom stereocenters. The van der Waals surface area contributed by atoms with Crippen LogP contribution in [0.4, 0.5) is 11.4 Å². The highest BCUT2D eigenvalue weighted by molar-refractivity contribution is 5.93. The minimum Gasteiger partial charge on any atom is -0.493 e. The Balaban J connectivity index is 1.37. The number of carbonyl (C=O) groups is 4. The molecule has 6 aromatic carbocycles. The minimum absolute atomic E-state index is 0.309. The van der Waals surface area contributed by atoms with E-state index in [0.29, 0.717) is 98.7 Å². The highest BCUT2D eigenvalue weighted by Gasteiger charge is 2.24. The van der Waals surface area contributed by atoms with Gasteiger partial charge in [-0.15, -0.1) is 0 Å². The van der Waals surface area contributed by atoms with Gasteiger partial charge in [0.2, 0.25) is 0 Å². The molecule has 0 atom stereocenters. The van der Waals surface area contributed by atoms with Gasteiger partial charge in [-0.2, -0.15) is 0 Å². The average molecular weight is 947 g/mol. The van der Waals surface area contributed by atoms with Crippen LogP contribution in [-0.4, -0.2) is 64.0 Å². The summed E-state index contributed by atoms with van der Waals surface area (Å²) in [5.41, 5.74) is 8.92. The standard InChI is InChI=1S/C58H62N2O10/c1-5-23-65-55-39-17-13-18-40(55)28-46-32-50(60-54(64)38-70-52-22-12-10-16-44(52)36-62)34-48(58(46)68-26-8-4)30-42-20-14-19-41(56(42)66-24-6-2)29-47-33-49(31-45(27-39)57(47)67-25-7-3)59-53(63)37-69-51-21-11-9-15-43(51)35-61/h9-22,31-36H,5-8,23-30,37-38H2,1-4H3,(H,59,63)(H,60,64). The summed E-state index contributed by atoms with van der Waals surface area (Å²) in [5, 5.41) is 6.16. The lowest BCUT2D eigenvalue weighted by atomic mass is 9.90. The number of ether oxygens (including phenoxy) is 6. The Morgan fingerprint density at radius 1 is 0.414 bits per heavy atom. The number of rotatable bonds is 22. The molecule has 12 heteroatoms. The largest absolute Gasteiger partial charge is 0.493 e. The first-order chi connectivity index (χ1) is 34.2. The summed E-state index contributed by atoms with van der Waals surface area (Å²) in [7, 11) is 0. The SMILES string of the molecule is CCCOc1c2cccc1Cc1cc(NC(=O)COc3ccccc3C=O)cc(c1OCCC)Cc1cccc(c1OCCC)Cc1cc(NC(=O)COc3ccccc3C=O)cc(c1OCCC)C2. The fourth-order valence-corrected chi connectivity index (χ4v) is 8.49. The summed E-state index contributed by atoms with van der Waals surface area (Å²) in [6.07, 6.45) is 6.13. The van der Waals surface area contributed by atoms with Crippen molar-refractivity contribution in [1.82, 2.24) is 0 Å². The van der Waals surface area contributed by atoms with E-state index in [9.17, 15) is 19.2 Å². The normalized spacial score (nSPS) is 11.7. The third-order valence-electron chi connectivity index (χ3n) is 11.5. The minimum atomic E-state index is -0.390. The second-order valence-corrected chi connectivity index (χ2v) is 17.1. The Kier molecular flexibility index (Phi) is 18.1. The highest BCUT2D eigenvalue weighted by Crippen LogP contribution is 2.41. The summed E-state index contributed by atoms with van der Waals surface area (Å²) in [6.45, 7) is 9.56. The highest BCUT2D eigenvalue weighted by atomic mass is 16.5. The van der Waals surface area contributed by atoms with Gasteiger partial charge < -0.3 is 39.1 Å². The molecule has 0 saturated heterocycles. The molecule has 6 aromatic rings. The van der Waals surface area contributed by atoms with Crippen LogP contribution in [0.15, 0.2) is 109 Å². The first kappa shape index (κ1) is 50.3. The zero-order valence-electron chi connectivity index (χ0n) is 40.5. The van der Waals surface area contributed by atoms with Crippen LogP contribution in [0.25, 0.3) is 0 Å². The number of fused-ring (bicyclic) bond motifs is 8. The van der Waals surface area contributed by atoms with Crippen LogP contribution >= 0.6 is 0 Å². The first-order valence-corrected chi connectivity index (χ1v) is 24.2. The third-order valence-corrected chi connectivity index (χ3v) is 11.5. The van der Waals surface area contributed by atoms with Gasteiger partial charge in [-0.1, -0.05) is 88.4 Å². The number of hydrogen-bond donors (Lipinski definition) is 2. The van der Waals surface area contributed by atoms with Crippen molar-refractivity contribution in [3.8, 4) is 34.5 Å². The Morgan fingerprint density at radius 3 is 1.01 bits per heavy atom. The van der Waals surface area contributed by atoms with E-state index in [-0.39, 0.29) is 13.2 Å². The second-order valence-electron chi connectivity index (χ2n) is 17.1. The first-order valence-electron chi connectivity index (χ1n) is 24.2. The number of benzene rings is 6. The number of nitrogens with one attached hydrogen (secondary N) is 2. The molecular formula is C58H62N2O10. The lowest BCUT2D eigenvalue weighted by molar-refractivity contribution is -0.118. The number of amides is 2. The monoisotopic (exact) mass is 946 g/mol. The maximum atomic E-state index is 13.7. The van der Waals surface area contributed by atoms with Gasteiger partial charge in [-0.25, -0.2) is 0 Å². The molecule has 364 valence electrons. The van der Waals surface area contributed by atoms with Crippen molar-refractivity contribution in [2.45, 2.75) is 79.1 Å². The molecule has 2 N–H and O–H groups in total. The van der Waals surface area contributed by atoms with E-state index in [0.717, 1.165) is 93.2 Å².